The number of ether oxygens (including phenoxy) is 2. The minimum Gasteiger partial charge on any atom is -0.465 e. The maximum atomic E-state index is 11.5. The van der Waals surface area contributed by atoms with Gasteiger partial charge in [-0.1, -0.05) is 12.1 Å². The maximum Gasteiger partial charge on any atom is 0.339 e. The number of rotatable bonds is 5. The van der Waals surface area contributed by atoms with Gasteiger partial charge in [0, 0.05) is 30.4 Å². The molecule has 0 saturated carbocycles. The first kappa shape index (κ1) is 19.3. The number of carbonyl (C=O) groups is 1. The number of nitrogens with zero attached hydrogens (tertiary/aromatic N) is 4. The van der Waals surface area contributed by atoms with E-state index in [1.807, 2.05) is 67.4 Å². The van der Waals surface area contributed by atoms with Crippen LogP contribution in [0.4, 0.5) is 11.5 Å². The fourth-order valence-electron chi connectivity index (χ4n) is 3.09. The molecule has 4 aromatic rings. The number of pyridine rings is 1. The van der Waals surface area contributed by atoms with E-state index in [-0.39, 0.29) is 0 Å². The van der Waals surface area contributed by atoms with Gasteiger partial charge >= 0.3 is 5.97 Å². The van der Waals surface area contributed by atoms with Crippen molar-refractivity contribution in [3.05, 3.63) is 78.2 Å². The highest BCUT2D eigenvalue weighted by Crippen LogP contribution is 2.30. The van der Waals surface area contributed by atoms with Crippen LogP contribution in [0.3, 0.4) is 0 Å². The number of hydrogen-bond acceptors (Lipinski definition) is 7. The normalized spacial score (nSPS) is 10.6. The van der Waals surface area contributed by atoms with Gasteiger partial charge in [0.15, 0.2) is 0 Å². The van der Waals surface area contributed by atoms with Crippen LogP contribution in [0.15, 0.2) is 66.9 Å². The summed E-state index contributed by atoms with van der Waals surface area (Å²) in [6.07, 6.45) is 1.42. The number of methoxy groups -OCH3 is 1. The van der Waals surface area contributed by atoms with Crippen molar-refractivity contribution in [2.45, 2.75) is 6.92 Å². The van der Waals surface area contributed by atoms with Crippen LogP contribution in [0.5, 0.6) is 11.6 Å². The van der Waals surface area contributed by atoms with Crippen LogP contribution < -0.4 is 9.64 Å². The molecule has 0 bridgehead atoms. The van der Waals surface area contributed by atoms with Crippen molar-refractivity contribution in [2.24, 2.45) is 0 Å². The van der Waals surface area contributed by atoms with E-state index in [1.54, 1.807) is 12.1 Å². The van der Waals surface area contributed by atoms with E-state index < -0.39 is 5.97 Å². The fraction of sp³-hybridized carbons (Fsp3) is 0.130. The molecule has 150 valence electrons. The zero-order valence-corrected chi connectivity index (χ0v) is 16.9. The number of carbonyl (C=O) groups excluding carboxylic acids is 1. The zero-order chi connectivity index (χ0) is 21.1. The van der Waals surface area contributed by atoms with Crippen LogP contribution in [0.2, 0.25) is 0 Å². The molecule has 0 fully saturated rings. The molecule has 0 unspecified atom stereocenters. The highest BCUT2D eigenvalue weighted by atomic mass is 16.5. The summed E-state index contributed by atoms with van der Waals surface area (Å²) in [5, 5.41) is 0.987. The lowest BCUT2D eigenvalue weighted by molar-refractivity contribution is 0.0600. The Morgan fingerprint density at radius 3 is 2.43 bits per heavy atom. The highest BCUT2D eigenvalue weighted by molar-refractivity contribution is 5.91. The van der Waals surface area contributed by atoms with E-state index in [0.29, 0.717) is 17.2 Å². The smallest absolute Gasteiger partial charge is 0.339 e. The van der Waals surface area contributed by atoms with Crippen LogP contribution >= 0.6 is 0 Å². The van der Waals surface area contributed by atoms with Crippen molar-refractivity contribution in [3.8, 4) is 11.6 Å². The molecule has 0 aliphatic carbocycles. The predicted octanol–water partition coefficient (Wildman–Crippen LogP) is 4.68. The first-order chi connectivity index (χ1) is 14.5. The molecule has 4 rings (SSSR count). The third-order valence-corrected chi connectivity index (χ3v) is 4.62. The zero-order valence-electron chi connectivity index (χ0n) is 16.9. The molecule has 2 heterocycles. The number of benzene rings is 2. The molecule has 0 saturated heterocycles. The third-order valence-electron chi connectivity index (χ3n) is 4.62. The van der Waals surface area contributed by atoms with Gasteiger partial charge in [0.2, 0.25) is 5.88 Å². The maximum absolute atomic E-state index is 11.5. The molecule has 0 N–H and O–H groups in total. The molecule has 30 heavy (non-hydrogen) atoms. The topological polar surface area (TPSA) is 77.4 Å². The molecule has 2 aromatic carbocycles. The van der Waals surface area contributed by atoms with Crippen molar-refractivity contribution >= 4 is 28.4 Å². The molecule has 0 amide bonds. The molecule has 7 heteroatoms. The molecule has 0 spiro atoms. The second-order valence-corrected chi connectivity index (χ2v) is 6.64. The van der Waals surface area contributed by atoms with E-state index in [9.17, 15) is 4.79 Å². The Morgan fingerprint density at radius 2 is 1.73 bits per heavy atom. The second kappa shape index (κ2) is 8.16. The Balaban J connectivity index is 1.54. The molecule has 0 aliphatic rings. The highest BCUT2D eigenvalue weighted by Gasteiger charge is 2.12. The van der Waals surface area contributed by atoms with Gasteiger partial charge in [0.1, 0.15) is 17.4 Å². The van der Waals surface area contributed by atoms with Gasteiger partial charge in [0.05, 0.1) is 18.2 Å². The molecule has 0 radical (unpaired) electrons. The summed E-state index contributed by atoms with van der Waals surface area (Å²) in [4.78, 5) is 26.8. The average molecular weight is 400 g/mol. The Morgan fingerprint density at radius 1 is 0.967 bits per heavy atom. The molecule has 2 aromatic heterocycles. The van der Waals surface area contributed by atoms with Gasteiger partial charge in [0.25, 0.3) is 0 Å². The SMILES string of the molecule is COC(=O)c1ccc(Oc2ccc(N(C)c3nc(C)nc4ccccc34)cc2)nc1. The minimum absolute atomic E-state index is 0.370. The first-order valence-corrected chi connectivity index (χ1v) is 9.34. The van der Waals surface area contributed by atoms with Gasteiger partial charge in [-0.3, -0.25) is 0 Å². The van der Waals surface area contributed by atoms with Crippen LogP contribution in [-0.2, 0) is 4.74 Å². The molecule has 0 atom stereocenters. The fourth-order valence-corrected chi connectivity index (χ4v) is 3.09. The lowest BCUT2D eigenvalue weighted by Crippen LogP contribution is -2.12. The number of fused-ring (bicyclic) bond motifs is 1. The Kier molecular flexibility index (Phi) is 5.26. The summed E-state index contributed by atoms with van der Waals surface area (Å²) in [6, 6.07) is 18.8. The van der Waals surface area contributed by atoms with Gasteiger partial charge in [-0.25, -0.2) is 19.7 Å². The molecular weight excluding hydrogens is 380 g/mol. The Bertz CT molecular complexity index is 1190. The Labute approximate surface area is 173 Å². The third kappa shape index (κ3) is 3.91. The number of esters is 1. The lowest BCUT2D eigenvalue weighted by Gasteiger charge is -2.20. The van der Waals surface area contributed by atoms with Crippen molar-refractivity contribution in [3.63, 3.8) is 0 Å². The van der Waals surface area contributed by atoms with Crippen LogP contribution in [0, 0.1) is 6.92 Å². The van der Waals surface area contributed by atoms with Gasteiger partial charge in [-0.15, -0.1) is 0 Å². The van der Waals surface area contributed by atoms with Crippen LogP contribution in [0.1, 0.15) is 16.2 Å². The van der Waals surface area contributed by atoms with Crippen molar-refractivity contribution in [2.75, 3.05) is 19.1 Å². The summed E-state index contributed by atoms with van der Waals surface area (Å²) in [7, 11) is 3.30. The molecule has 7 nitrogen and oxygen atoms in total. The van der Waals surface area contributed by atoms with Gasteiger partial charge < -0.3 is 14.4 Å². The van der Waals surface area contributed by atoms with Crippen molar-refractivity contribution in [1.29, 1.82) is 0 Å². The second-order valence-electron chi connectivity index (χ2n) is 6.64. The number of para-hydroxylation sites is 1. The predicted molar refractivity (Wildman–Crippen MR) is 114 cm³/mol. The quantitative estimate of drug-likeness (QED) is 0.450. The van der Waals surface area contributed by atoms with E-state index in [0.717, 1.165) is 28.2 Å². The van der Waals surface area contributed by atoms with E-state index >= 15 is 0 Å². The summed E-state index contributed by atoms with van der Waals surface area (Å²) in [5.41, 5.74) is 2.24. The summed E-state index contributed by atoms with van der Waals surface area (Å²) in [5.74, 6) is 2.15. The van der Waals surface area contributed by atoms with Gasteiger partial charge in [-0.05, 0) is 49.4 Å². The standard InChI is InChI=1S/C23H20N4O3/c1-15-25-20-7-5-4-6-19(20)22(26-15)27(2)17-9-11-18(12-10-17)30-21-13-8-16(14-24-21)23(28)29-3/h4-14H,1-3H3. The number of anilines is 2. The average Bonchev–Trinajstić information content (AvgIpc) is 2.78. The van der Waals surface area contributed by atoms with Crippen molar-refractivity contribution in [1.82, 2.24) is 15.0 Å². The minimum atomic E-state index is -0.436. The lowest BCUT2D eigenvalue weighted by atomic mass is 10.2. The van der Waals surface area contributed by atoms with Crippen molar-refractivity contribution < 1.29 is 14.3 Å². The van der Waals surface area contributed by atoms with E-state index in [4.69, 9.17) is 4.74 Å². The Hall–Kier alpha value is -4.00. The summed E-state index contributed by atoms with van der Waals surface area (Å²) in [6.45, 7) is 1.89. The van der Waals surface area contributed by atoms with Crippen LogP contribution in [-0.4, -0.2) is 35.1 Å². The number of aromatic nitrogens is 3. The number of aryl methyl sites for hydroxylation is 1. The van der Waals surface area contributed by atoms with Crippen LogP contribution in [0.25, 0.3) is 10.9 Å². The van der Waals surface area contributed by atoms with Gasteiger partial charge in [-0.2, -0.15) is 0 Å². The monoisotopic (exact) mass is 400 g/mol. The van der Waals surface area contributed by atoms with E-state index in [2.05, 4.69) is 19.7 Å². The summed E-state index contributed by atoms with van der Waals surface area (Å²) < 4.78 is 10.4. The molecule has 0 aliphatic heterocycles. The molecular formula is C23H20N4O3. The number of hydrogen-bond donors (Lipinski definition) is 0. The first-order valence-electron chi connectivity index (χ1n) is 9.34. The largest absolute Gasteiger partial charge is 0.465 e. The summed E-state index contributed by atoms with van der Waals surface area (Å²) >= 11 is 0. The van der Waals surface area contributed by atoms with E-state index in [1.165, 1.54) is 13.3 Å².